The number of carbonyl (C=O) groups excluding carboxylic acids is 2. The normalized spacial score (nSPS) is 21.7. The average Bonchev–Trinajstić information content (AvgIpc) is 3.67. The van der Waals surface area contributed by atoms with Crippen molar-refractivity contribution < 1.29 is 27.5 Å². The van der Waals surface area contributed by atoms with Crippen LogP contribution in [0, 0.1) is 0 Å². The van der Waals surface area contributed by atoms with Gasteiger partial charge in [0, 0.05) is 54.8 Å². The van der Waals surface area contributed by atoms with Gasteiger partial charge in [-0.3, -0.25) is 18.9 Å². The lowest BCUT2D eigenvalue weighted by atomic mass is 9.89. The van der Waals surface area contributed by atoms with Crippen LogP contribution in [0.15, 0.2) is 48.9 Å². The van der Waals surface area contributed by atoms with Crippen LogP contribution in [0.3, 0.4) is 0 Å². The van der Waals surface area contributed by atoms with Crippen LogP contribution in [0.2, 0.25) is 0 Å². The fourth-order valence-corrected chi connectivity index (χ4v) is 7.04. The highest BCUT2D eigenvalue weighted by Gasteiger charge is 2.45. The molecule has 3 fully saturated rings. The first-order chi connectivity index (χ1) is 22.1. The maximum atomic E-state index is 13.5. The molecule has 0 spiro atoms. The summed E-state index contributed by atoms with van der Waals surface area (Å²) in [5.41, 5.74) is 7.33. The van der Waals surface area contributed by atoms with Gasteiger partial charge in [-0.15, -0.1) is 0 Å². The summed E-state index contributed by atoms with van der Waals surface area (Å²) in [4.78, 5) is 44.2. The van der Waals surface area contributed by atoms with Gasteiger partial charge in [-0.25, -0.2) is 15.0 Å². The minimum atomic E-state index is -4.57. The van der Waals surface area contributed by atoms with Crippen molar-refractivity contribution >= 4 is 29.0 Å². The maximum Gasteiger partial charge on any atom is 0.416 e. The van der Waals surface area contributed by atoms with Crippen molar-refractivity contribution in [3.8, 4) is 17.0 Å². The molecule has 3 saturated heterocycles. The summed E-state index contributed by atoms with van der Waals surface area (Å²) in [6.07, 6.45) is 3.52. The number of piperidine rings is 1. The van der Waals surface area contributed by atoms with E-state index in [0.717, 1.165) is 62.9 Å². The van der Waals surface area contributed by atoms with Gasteiger partial charge in [0.05, 0.1) is 18.2 Å². The molecule has 14 heteroatoms. The molecule has 7 rings (SSSR count). The van der Waals surface area contributed by atoms with Gasteiger partial charge in [0.15, 0.2) is 0 Å². The molecule has 0 unspecified atom stereocenters. The lowest BCUT2D eigenvalue weighted by Gasteiger charge is -2.47. The zero-order valence-electron chi connectivity index (χ0n) is 25.1. The Kier molecular flexibility index (Phi) is 7.54. The van der Waals surface area contributed by atoms with Crippen molar-refractivity contribution in [3.63, 3.8) is 0 Å². The number of carbonyl (C=O) groups is 2. The molecular formula is C32H33F3N8O3. The molecule has 2 amide bonds. The molecule has 1 aromatic carbocycles. The lowest BCUT2D eigenvalue weighted by Crippen LogP contribution is -2.61. The Bertz CT molecular complexity index is 1830. The Hall–Kier alpha value is -4.72. The number of hydrogen-bond acceptors (Lipinski definition) is 8. The predicted molar refractivity (Wildman–Crippen MR) is 163 cm³/mol. The Morgan fingerprint density at radius 3 is 2.76 bits per heavy atom. The molecule has 0 saturated carbocycles. The minimum absolute atomic E-state index is 0.0308. The number of pyridine rings is 1. The first-order valence-electron chi connectivity index (χ1n) is 15.4. The SMILES string of the molecule is CCOc1cc(C(=O)Nc2cc(C(F)(F)F)ccn2)ccc1-c1nc([C@@H]2CC[C@H]3CN4CCC[C@@H]4C(=O)N3C2)n2ccnc(N)c12. The monoisotopic (exact) mass is 634 g/mol. The van der Waals surface area contributed by atoms with E-state index in [0.29, 0.717) is 29.1 Å². The van der Waals surface area contributed by atoms with Crippen LogP contribution >= 0.6 is 0 Å². The number of nitrogens with one attached hydrogen (secondary N) is 1. The zero-order valence-corrected chi connectivity index (χ0v) is 25.1. The molecule has 6 heterocycles. The molecule has 0 bridgehead atoms. The highest BCUT2D eigenvalue weighted by molar-refractivity contribution is 6.04. The van der Waals surface area contributed by atoms with Crippen LogP contribution in [-0.4, -0.2) is 79.3 Å². The summed E-state index contributed by atoms with van der Waals surface area (Å²) in [6.45, 7) is 4.54. The highest BCUT2D eigenvalue weighted by atomic mass is 19.4. The standard InChI is InChI=1S/C32H33F3N8O3/c1-2-46-24-14-18(30(44)39-25-15-20(9-10-37-25)32(33,34)35)6-8-22(24)26-27-28(36)38-11-13-42(27)29(40-26)19-5-7-21-17-41-12-3-4-23(41)31(45)43(21)16-19/h6,8-11,13-15,19,21,23H,2-5,7,12,16-17H2,1H3,(H2,36,38)(H,37,39,44)/t19-,21+,23-/m1/s1. The number of piperazine rings is 1. The Balaban J connectivity index is 1.21. The number of imidazole rings is 1. The predicted octanol–water partition coefficient (Wildman–Crippen LogP) is 4.60. The van der Waals surface area contributed by atoms with E-state index in [-0.39, 0.29) is 47.7 Å². The number of nitrogens with zero attached hydrogens (tertiary/aromatic N) is 6. The van der Waals surface area contributed by atoms with E-state index in [1.807, 2.05) is 15.5 Å². The topological polar surface area (TPSA) is 131 Å². The summed E-state index contributed by atoms with van der Waals surface area (Å²) < 4.78 is 47.4. The van der Waals surface area contributed by atoms with Crippen molar-refractivity contribution in [2.75, 3.05) is 37.3 Å². The molecule has 3 atom stereocenters. The van der Waals surface area contributed by atoms with Crippen molar-refractivity contribution in [2.24, 2.45) is 0 Å². The molecule has 46 heavy (non-hydrogen) atoms. The third-order valence-electron chi connectivity index (χ3n) is 9.19. The van der Waals surface area contributed by atoms with Gasteiger partial charge in [0.1, 0.15) is 34.4 Å². The van der Waals surface area contributed by atoms with Gasteiger partial charge < -0.3 is 20.7 Å². The van der Waals surface area contributed by atoms with Gasteiger partial charge in [0.2, 0.25) is 5.91 Å². The molecule has 0 aliphatic carbocycles. The van der Waals surface area contributed by atoms with Crippen LogP contribution in [0.5, 0.6) is 5.75 Å². The molecular weight excluding hydrogens is 601 g/mol. The molecule has 3 aliphatic heterocycles. The minimum Gasteiger partial charge on any atom is -0.493 e. The van der Waals surface area contributed by atoms with E-state index in [1.165, 1.54) is 6.07 Å². The van der Waals surface area contributed by atoms with Gasteiger partial charge in [-0.1, -0.05) is 0 Å². The largest absolute Gasteiger partial charge is 0.493 e. The second kappa shape index (κ2) is 11.6. The van der Waals surface area contributed by atoms with Gasteiger partial charge >= 0.3 is 6.18 Å². The van der Waals surface area contributed by atoms with E-state index in [4.69, 9.17) is 15.5 Å². The Morgan fingerprint density at radius 1 is 1.11 bits per heavy atom. The Morgan fingerprint density at radius 2 is 1.96 bits per heavy atom. The molecule has 11 nitrogen and oxygen atoms in total. The summed E-state index contributed by atoms with van der Waals surface area (Å²) in [5.74, 6) is 0.663. The molecule has 3 N–H and O–H groups in total. The summed E-state index contributed by atoms with van der Waals surface area (Å²) in [5, 5.41) is 2.43. The third-order valence-corrected chi connectivity index (χ3v) is 9.19. The smallest absolute Gasteiger partial charge is 0.416 e. The number of alkyl halides is 3. The molecule has 0 radical (unpaired) electrons. The van der Waals surface area contributed by atoms with E-state index in [9.17, 15) is 22.8 Å². The highest BCUT2D eigenvalue weighted by Crippen LogP contribution is 2.40. The first-order valence-corrected chi connectivity index (χ1v) is 15.4. The third kappa shape index (κ3) is 5.29. The fraction of sp³-hybridized carbons (Fsp3) is 0.406. The van der Waals surface area contributed by atoms with Crippen LogP contribution < -0.4 is 15.8 Å². The van der Waals surface area contributed by atoms with Crippen LogP contribution in [0.25, 0.3) is 16.8 Å². The van der Waals surface area contributed by atoms with Crippen LogP contribution in [-0.2, 0) is 11.0 Å². The van der Waals surface area contributed by atoms with E-state index in [2.05, 4.69) is 20.2 Å². The second-order valence-corrected chi connectivity index (χ2v) is 11.9. The molecule has 3 aliphatic rings. The first kappa shape index (κ1) is 30.0. The Labute approximate surface area is 262 Å². The number of aromatic nitrogens is 4. The quantitative estimate of drug-likeness (QED) is 0.315. The molecule has 4 aromatic rings. The molecule has 3 aromatic heterocycles. The van der Waals surface area contributed by atoms with E-state index in [1.54, 1.807) is 25.3 Å². The maximum absolute atomic E-state index is 13.5. The number of halogens is 3. The zero-order chi connectivity index (χ0) is 32.2. The number of benzene rings is 1. The summed E-state index contributed by atoms with van der Waals surface area (Å²) >= 11 is 0. The van der Waals surface area contributed by atoms with Crippen molar-refractivity contribution in [3.05, 3.63) is 65.9 Å². The van der Waals surface area contributed by atoms with Gasteiger partial charge in [0.25, 0.3) is 5.91 Å². The average molecular weight is 635 g/mol. The van der Waals surface area contributed by atoms with E-state index < -0.39 is 17.6 Å². The number of ether oxygens (including phenoxy) is 1. The van der Waals surface area contributed by atoms with Crippen molar-refractivity contribution in [1.29, 1.82) is 0 Å². The van der Waals surface area contributed by atoms with Gasteiger partial charge in [-0.05, 0) is 69.5 Å². The second-order valence-electron chi connectivity index (χ2n) is 11.9. The lowest BCUT2D eigenvalue weighted by molar-refractivity contribution is -0.146. The molecule has 240 valence electrons. The van der Waals surface area contributed by atoms with E-state index >= 15 is 0 Å². The number of amides is 2. The number of nitrogens with two attached hydrogens (primary N) is 1. The number of hydrogen-bond donors (Lipinski definition) is 2. The summed E-state index contributed by atoms with van der Waals surface area (Å²) in [7, 11) is 0. The van der Waals surface area contributed by atoms with Crippen molar-refractivity contribution in [1.82, 2.24) is 29.2 Å². The van der Waals surface area contributed by atoms with Gasteiger partial charge in [-0.2, -0.15) is 13.2 Å². The number of anilines is 2. The number of rotatable bonds is 6. The van der Waals surface area contributed by atoms with Crippen molar-refractivity contribution in [2.45, 2.75) is 56.8 Å². The van der Waals surface area contributed by atoms with Crippen LogP contribution in [0.4, 0.5) is 24.8 Å². The fourth-order valence-electron chi connectivity index (χ4n) is 7.04. The number of nitrogen functional groups attached to an aromatic ring is 1. The number of fused-ring (bicyclic) bond motifs is 3. The summed E-state index contributed by atoms with van der Waals surface area (Å²) in [6, 6.07) is 6.52. The van der Waals surface area contributed by atoms with Crippen LogP contribution in [0.1, 0.15) is 60.3 Å².